The lowest BCUT2D eigenvalue weighted by Gasteiger charge is -2.14. The molecule has 2 atom stereocenters. The summed E-state index contributed by atoms with van der Waals surface area (Å²) >= 11 is 1.99. The third kappa shape index (κ3) is 4.56. The van der Waals surface area contributed by atoms with E-state index in [-0.39, 0.29) is 11.9 Å². The smallest absolute Gasteiger partial charge is 0.251 e. The van der Waals surface area contributed by atoms with Crippen LogP contribution >= 0.6 is 11.8 Å². The van der Waals surface area contributed by atoms with Crippen LogP contribution in [-0.2, 0) is 0 Å². The van der Waals surface area contributed by atoms with E-state index >= 15 is 0 Å². The Hall–Kier alpha value is -1.36. The first-order valence-electron chi connectivity index (χ1n) is 7.58. The second-order valence-electron chi connectivity index (χ2n) is 5.28. The third-order valence-electron chi connectivity index (χ3n) is 3.62. The van der Waals surface area contributed by atoms with Gasteiger partial charge in [0.25, 0.3) is 5.91 Å². The molecular weight excluding hydrogens is 284 g/mol. The van der Waals surface area contributed by atoms with Crippen molar-refractivity contribution < 1.29 is 9.53 Å². The van der Waals surface area contributed by atoms with Crippen LogP contribution in [0.25, 0.3) is 0 Å². The SMILES string of the molecule is CCOc1cc(N)cc(C(=O)NC2CCC(SCC)C2)c1. The summed E-state index contributed by atoms with van der Waals surface area (Å²) in [7, 11) is 0. The molecule has 0 aliphatic heterocycles. The Morgan fingerprint density at radius 2 is 2.19 bits per heavy atom. The first-order valence-corrected chi connectivity index (χ1v) is 8.63. The van der Waals surface area contributed by atoms with E-state index in [2.05, 4.69) is 12.2 Å². The maximum atomic E-state index is 12.3. The fraction of sp³-hybridized carbons (Fsp3) is 0.562. The summed E-state index contributed by atoms with van der Waals surface area (Å²) in [5, 5.41) is 3.80. The molecule has 2 unspecified atom stereocenters. The number of ether oxygens (including phenoxy) is 1. The molecular formula is C16H24N2O2S. The van der Waals surface area contributed by atoms with Gasteiger partial charge >= 0.3 is 0 Å². The first kappa shape index (κ1) is 16.0. The van der Waals surface area contributed by atoms with Crippen molar-refractivity contribution in [1.29, 1.82) is 0 Å². The average Bonchev–Trinajstić information content (AvgIpc) is 2.86. The lowest BCUT2D eigenvalue weighted by molar-refractivity contribution is 0.0937. The summed E-state index contributed by atoms with van der Waals surface area (Å²) in [6.45, 7) is 4.65. The van der Waals surface area contributed by atoms with Crippen molar-refractivity contribution in [3.63, 3.8) is 0 Å². The number of rotatable bonds is 6. The van der Waals surface area contributed by atoms with E-state index in [9.17, 15) is 4.79 Å². The van der Waals surface area contributed by atoms with Crippen molar-refractivity contribution in [2.45, 2.75) is 44.4 Å². The molecule has 0 aromatic heterocycles. The van der Waals surface area contributed by atoms with Gasteiger partial charge in [0.05, 0.1) is 6.61 Å². The highest BCUT2D eigenvalue weighted by Gasteiger charge is 2.26. The maximum absolute atomic E-state index is 12.3. The Morgan fingerprint density at radius 1 is 1.38 bits per heavy atom. The van der Waals surface area contributed by atoms with Gasteiger partial charge in [-0.2, -0.15) is 11.8 Å². The van der Waals surface area contributed by atoms with Gasteiger partial charge in [-0.05, 0) is 44.1 Å². The second-order valence-corrected chi connectivity index (χ2v) is 6.86. The van der Waals surface area contributed by atoms with Crippen LogP contribution in [0.3, 0.4) is 0 Å². The molecule has 1 fully saturated rings. The predicted molar refractivity (Wildman–Crippen MR) is 89.0 cm³/mol. The Labute approximate surface area is 130 Å². The minimum Gasteiger partial charge on any atom is -0.494 e. The van der Waals surface area contributed by atoms with Crippen molar-refractivity contribution >= 4 is 23.4 Å². The Morgan fingerprint density at radius 3 is 2.90 bits per heavy atom. The van der Waals surface area contributed by atoms with E-state index in [1.54, 1.807) is 18.2 Å². The Balaban J connectivity index is 1.97. The first-order chi connectivity index (χ1) is 10.1. The molecule has 3 N–H and O–H groups in total. The highest BCUT2D eigenvalue weighted by molar-refractivity contribution is 7.99. The van der Waals surface area contributed by atoms with Crippen LogP contribution in [0.15, 0.2) is 18.2 Å². The molecule has 0 saturated heterocycles. The maximum Gasteiger partial charge on any atom is 0.251 e. The quantitative estimate of drug-likeness (QED) is 0.793. The van der Waals surface area contributed by atoms with Gasteiger partial charge in [0, 0.05) is 28.6 Å². The zero-order valence-corrected chi connectivity index (χ0v) is 13.5. The number of benzene rings is 1. The molecule has 5 heteroatoms. The number of hydrogen-bond acceptors (Lipinski definition) is 4. The molecule has 21 heavy (non-hydrogen) atoms. The molecule has 4 nitrogen and oxygen atoms in total. The molecule has 1 aromatic rings. The molecule has 1 amide bonds. The zero-order chi connectivity index (χ0) is 15.2. The highest BCUT2D eigenvalue weighted by Crippen LogP contribution is 2.30. The summed E-state index contributed by atoms with van der Waals surface area (Å²) in [6, 6.07) is 5.47. The number of carbonyl (C=O) groups is 1. The van der Waals surface area contributed by atoms with Crippen molar-refractivity contribution in [2.24, 2.45) is 0 Å². The topological polar surface area (TPSA) is 64.3 Å². The van der Waals surface area contributed by atoms with Gasteiger partial charge in [0.1, 0.15) is 5.75 Å². The zero-order valence-electron chi connectivity index (χ0n) is 12.7. The number of hydrogen-bond donors (Lipinski definition) is 2. The van der Waals surface area contributed by atoms with E-state index in [1.807, 2.05) is 18.7 Å². The second kappa shape index (κ2) is 7.59. The number of thioether (sulfide) groups is 1. The summed E-state index contributed by atoms with van der Waals surface area (Å²) in [4.78, 5) is 12.3. The van der Waals surface area contributed by atoms with Crippen molar-refractivity contribution in [3.05, 3.63) is 23.8 Å². The van der Waals surface area contributed by atoms with Crippen LogP contribution in [0.5, 0.6) is 5.75 Å². The van der Waals surface area contributed by atoms with Gasteiger partial charge in [-0.25, -0.2) is 0 Å². The predicted octanol–water partition coefficient (Wildman–Crippen LogP) is 3.07. The summed E-state index contributed by atoms with van der Waals surface area (Å²) in [5.41, 5.74) is 6.96. The minimum atomic E-state index is -0.0598. The molecule has 0 radical (unpaired) electrons. The molecule has 0 bridgehead atoms. The van der Waals surface area contributed by atoms with Gasteiger partial charge in [-0.15, -0.1) is 0 Å². The molecule has 1 aliphatic carbocycles. The van der Waals surface area contributed by atoms with Crippen LogP contribution < -0.4 is 15.8 Å². The fourth-order valence-electron chi connectivity index (χ4n) is 2.73. The minimum absolute atomic E-state index is 0.0598. The van der Waals surface area contributed by atoms with E-state index in [4.69, 9.17) is 10.5 Å². The molecule has 1 saturated carbocycles. The number of amides is 1. The standard InChI is InChI=1S/C16H24N2O2S/c1-3-20-14-8-11(7-12(17)9-14)16(19)18-13-5-6-15(10-13)21-4-2/h7-9,13,15H,3-6,10,17H2,1-2H3,(H,18,19). The summed E-state index contributed by atoms with van der Waals surface area (Å²) in [6.07, 6.45) is 3.31. The molecule has 116 valence electrons. The van der Waals surface area contributed by atoms with Crippen LogP contribution in [0.4, 0.5) is 5.69 Å². The van der Waals surface area contributed by atoms with Gasteiger partial charge in [0.15, 0.2) is 0 Å². The van der Waals surface area contributed by atoms with E-state index < -0.39 is 0 Å². The molecule has 1 aromatic carbocycles. The number of nitrogen functional groups attached to an aromatic ring is 1. The van der Waals surface area contributed by atoms with Crippen LogP contribution in [0, 0.1) is 0 Å². The Kier molecular flexibility index (Phi) is 5.79. The third-order valence-corrected chi connectivity index (χ3v) is 4.86. The number of carbonyl (C=O) groups excluding carboxylic acids is 1. The fourth-order valence-corrected chi connectivity index (χ4v) is 3.87. The van der Waals surface area contributed by atoms with E-state index in [0.29, 0.717) is 28.9 Å². The molecule has 2 rings (SSSR count). The van der Waals surface area contributed by atoms with Crippen molar-refractivity contribution in [1.82, 2.24) is 5.32 Å². The van der Waals surface area contributed by atoms with Crippen LogP contribution in [-0.4, -0.2) is 29.6 Å². The van der Waals surface area contributed by atoms with Crippen LogP contribution in [0.1, 0.15) is 43.5 Å². The lowest BCUT2D eigenvalue weighted by Crippen LogP contribution is -2.33. The molecule has 0 heterocycles. The van der Waals surface area contributed by atoms with Gasteiger partial charge in [0.2, 0.25) is 0 Å². The van der Waals surface area contributed by atoms with Gasteiger partial charge < -0.3 is 15.8 Å². The number of nitrogens with two attached hydrogens (primary N) is 1. The number of nitrogens with one attached hydrogen (secondary N) is 1. The molecule has 1 aliphatic rings. The van der Waals surface area contributed by atoms with E-state index in [0.717, 1.165) is 18.6 Å². The lowest BCUT2D eigenvalue weighted by atomic mass is 10.1. The van der Waals surface area contributed by atoms with Gasteiger partial charge in [-0.3, -0.25) is 4.79 Å². The van der Waals surface area contributed by atoms with Crippen molar-refractivity contribution in [2.75, 3.05) is 18.1 Å². The van der Waals surface area contributed by atoms with Crippen LogP contribution in [0.2, 0.25) is 0 Å². The monoisotopic (exact) mass is 308 g/mol. The van der Waals surface area contributed by atoms with Gasteiger partial charge in [-0.1, -0.05) is 6.92 Å². The highest BCUT2D eigenvalue weighted by atomic mass is 32.2. The summed E-state index contributed by atoms with van der Waals surface area (Å²) in [5.74, 6) is 1.72. The normalized spacial score (nSPS) is 21.2. The average molecular weight is 308 g/mol. The van der Waals surface area contributed by atoms with E-state index in [1.165, 1.54) is 6.42 Å². The molecule has 0 spiro atoms. The Bertz CT molecular complexity index is 493. The summed E-state index contributed by atoms with van der Waals surface area (Å²) < 4.78 is 5.43. The number of anilines is 1. The largest absolute Gasteiger partial charge is 0.494 e. The van der Waals surface area contributed by atoms with Crippen molar-refractivity contribution in [3.8, 4) is 5.75 Å².